The van der Waals surface area contributed by atoms with Crippen LogP contribution in [0.4, 0.5) is 8.78 Å². The van der Waals surface area contributed by atoms with E-state index in [1.807, 2.05) is 29.7 Å². The van der Waals surface area contributed by atoms with Crippen LogP contribution >= 0.6 is 7.82 Å². The normalized spacial score (nSPS) is 18.2. The number of amides is 1. The fourth-order valence-corrected chi connectivity index (χ4v) is 6.01. The lowest BCUT2D eigenvalue weighted by Gasteiger charge is -2.27. The van der Waals surface area contributed by atoms with E-state index in [2.05, 4.69) is 14.5 Å². The number of alkyl halides is 2. The van der Waals surface area contributed by atoms with Crippen molar-refractivity contribution in [2.24, 2.45) is 0 Å². The number of imidazole rings is 1. The zero-order chi connectivity index (χ0) is 30.7. The molecule has 0 unspecified atom stereocenters. The second kappa shape index (κ2) is 10.7. The molecule has 2 aliphatic rings. The Bertz CT molecular complexity index is 1760. The van der Waals surface area contributed by atoms with Crippen molar-refractivity contribution >= 4 is 24.8 Å². The molecular formula is C28H28F2N5O7P. The topological polar surface area (TPSA) is 149 Å². The maximum absolute atomic E-state index is 13.5. The number of phosphoric acid groups is 1. The smallest absolute Gasteiger partial charge is 0.434 e. The monoisotopic (exact) mass is 615 g/mol. The van der Waals surface area contributed by atoms with E-state index in [1.54, 1.807) is 43.3 Å². The number of hydrogen-bond acceptors (Lipinski definition) is 8. The maximum atomic E-state index is 13.5. The Balaban J connectivity index is 1.39. The number of nitrogens with zero attached hydrogens (tertiary/aromatic N) is 5. The fraction of sp³-hybridized carbons (Fsp3) is 0.357. The zero-order valence-electron chi connectivity index (χ0n) is 23.3. The average Bonchev–Trinajstić information content (AvgIpc) is 3.45. The van der Waals surface area contributed by atoms with Crippen LogP contribution in [0.3, 0.4) is 0 Å². The van der Waals surface area contributed by atoms with Gasteiger partial charge < -0.3 is 28.7 Å². The van der Waals surface area contributed by atoms with Crippen molar-refractivity contribution in [1.29, 1.82) is 0 Å². The van der Waals surface area contributed by atoms with Crippen molar-refractivity contribution in [2.45, 2.75) is 51.5 Å². The van der Waals surface area contributed by atoms with Crippen LogP contribution < -0.4 is 4.74 Å². The number of carbonyl (C=O) groups excluding carboxylic acids is 1. The van der Waals surface area contributed by atoms with E-state index < -0.39 is 32.9 Å². The zero-order valence-corrected chi connectivity index (χ0v) is 24.2. The summed E-state index contributed by atoms with van der Waals surface area (Å²) < 4.78 is 54.5. The van der Waals surface area contributed by atoms with Crippen molar-refractivity contribution in [1.82, 2.24) is 24.4 Å². The molecule has 12 nitrogen and oxygen atoms in total. The molecule has 2 N–H and O–H groups in total. The Morgan fingerprint density at radius 3 is 2.53 bits per heavy atom. The minimum atomic E-state index is -4.69. The number of rotatable bonds is 9. The van der Waals surface area contributed by atoms with Gasteiger partial charge in [0.25, 0.3) is 5.91 Å². The average molecular weight is 616 g/mol. The van der Waals surface area contributed by atoms with E-state index >= 15 is 0 Å². The van der Waals surface area contributed by atoms with E-state index in [-0.39, 0.29) is 23.5 Å². The van der Waals surface area contributed by atoms with Crippen LogP contribution in [0.1, 0.15) is 66.8 Å². The molecule has 2 atom stereocenters. The van der Waals surface area contributed by atoms with Crippen LogP contribution in [0.2, 0.25) is 0 Å². The lowest BCUT2D eigenvalue weighted by atomic mass is 9.97. The van der Waals surface area contributed by atoms with E-state index in [0.29, 0.717) is 41.0 Å². The number of aromatic nitrogens is 4. The fourth-order valence-electron chi connectivity index (χ4n) is 5.82. The van der Waals surface area contributed by atoms with Gasteiger partial charge in [-0.25, -0.2) is 19.5 Å². The largest absolute Gasteiger partial charge is 0.471 e. The molecule has 0 saturated heterocycles. The number of phosphoric ester groups is 1. The summed E-state index contributed by atoms with van der Waals surface area (Å²) in [4.78, 5) is 46.7. The molecule has 0 saturated carbocycles. The Morgan fingerprint density at radius 1 is 1.12 bits per heavy atom. The predicted octanol–water partition coefficient (Wildman–Crippen LogP) is 4.92. The van der Waals surface area contributed by atoms with Crippen molar-refractivity contribution in [3.8, 4) is 16.9 Å². The molecule has 0 fully saturated rings. The van der Waals surface area contributed by atoms with Gasteiger partial charge in [-0.05, 0) is 50.6 Å². The first-order valence-electron chi connectivity index (χ1n) is 13.5. The van der Waals surface area contributed by atoms with Crippen LogP contribution in [0.5, 0.6) is 5.75 Å². The van der Waals surface area contributed by atoms with Crippen LogP contribution in [0.25, 0.3) is 22.2 Å². The van der Waals surface area contributed by atoms with Gasteiger partial charge >= 0.3 is 14.4 Å². The van der Waals surface area contributed by atoms with E-state index in [4.69, 9.17) is 24.2 Å². The highest BCUT2D eigenvalue weighted by Crippen LogP contribution is 2.50. The summed E-state index contributed by atoms with van der Waals surface area (Å²) in [6, 6.07) is 9.49. The number of ether oxygens (including phenoxy) is 2. The minimum absolute atomic E-state index is 0.0339. The summed E-state index contributed by atoms with van der Waals surface area (Å²) in [7, 11) is -4.69. The van der Waals surface area contributed by atoms with Gasteiger partial charge in [0.15, 0.2) is 12.6 Å². The Hall–Kier alpha value is -3.81. The molecular weight excluding hydrogens is 587 g/mol. The van der Waals surface area contributed by atoms with Crippen LogP contribution in [-0.2, 0) is 19.4 Å². The highest BCUT2D eigenvalue weighted by atomic mass is 31.2. The highest BCUT2D eigenvalue weighted by Gasteiger charge is 2.45. The Labute approximate surface area is 244 Å². The van der Waals surface area contributed by atoms with E-state index in [0.717, 1.165) is 11.1 Å². The third-order valence-corrected chi connectivity index (χ3v) is 8.20. The van der Waals surface area contributed by atoms with E-state index in [1.165, 1.54) is 6.07 Å². The van der Waals surface area contributed by atoms with Crippen LogP contribution in [-0.4, -0.2) is 60.1 Å². The van der Waals surface area contributed by atoms with Gasteiger partial charge in [-0.2, -0.15) is 8.78 Å². The number of carbonyl (C=O) groups is 1. The van der Waals surface area contributed by atoms with Crippen molar-refractivity contribution < 1.29 is 41.9 Å². The maximum Gasteiger partial charge on any atom is 0.471 e. The molecule has 2 aromatic carbocycles. The van der Waals surface area contributed by atoms with Crippen LogP contribution in [0, 0.1) is 0 Å². The minimum Gasteiger partial charge on any atom is -0.434 e. The third kappa shape index (κ3) is 5.30. The summed E-state index contributed by atoms with van der Waals surface area (Å²) in [6.07, 6.45) is 3.67. The number of hydrogen-bond donors (Lipinski definition) is 2. The number of benzene rings is 2. The molecule has 4 aromatic rings. The first-order valence-corrected chi connectivity index (χ1v) is 15.0. The molecule has 0 spiro atoms. The second-order valence-electron chi connectivity index (χ2n) is 10.7. The molecule has 6 rings (SSSR count). The van der Waals surface area contributed by atoms with Gasteiger partial charge in [0, 0.05) is 42.0 Å². The molecule has 43 heavy (non-hydrogen) atoms. The SMILES string of the molecule is CCN1C(=O)c2cccc(OC(F)F)c2[C@H]2C[C@@H]1c1nc3ccc(-c4cnc(C(C)(C)OCOP(=O)(O)O)nc4)cc3n12. The van der Waals surface area contributed by atoms with Gasteiger partial charge in [0.2, 0.25) is 0 Å². The van der Waals surface area contributed by atoms with Gasteiger partial charge in [-0.1, -0.05) is 12.1 Å². The standard InChI is InChI=1S/C28H28F2N5O7P/c1-4-34-21-11-20(23-17(25(34)36)6-5-7-22(23)42-27(29)30)35-19-10-15(8-9-18(19)33-24(21)35)16-12-31-26(32-13-16)28(2,3)40-14-41-43(37,38)39/h5-10,12-13,20-21,27H,4,11,14H2,1-3H3,(H2,37,38,39)/t20-,21-/m1/s1. The summed E-state index contributed by atoms with van der Waals surface area (Å²) in [5, 5.41) is 0. The van der Waals surface area contributed by atoms with Crippen molar-refractivity contribution in [2.75, 3.05) is 13.3 Å². The van der Waals surface area contributed by atoms with Gasteiger partial charge in [-0.3, -0.25) is 9.32 Å². The molecule has 0 aliphatic carbocycles. The molecule has 226 valence electrons. The summed E-state index contributed by atoms with van der Waals surface area (Å²) >= 11 is 0. The van der Waals surface area contributed by atoms with Gasteiger partial charge in [-0.15, -0.1) is 0 Å². The molecule has 0 radical (unpaired) electrons. The molecule has 2 aliphatic heterocycles. The molecule has 2 aromatic heterocycles. The van der Waals surface area contributed by atoms with Gasteiger partial charge in [0.05, 0.1) is 23.1 Å². The van der Waals surface area contributed by atoms with Gasteiger partial charge in [0.1, 0.15) is 17.2 Å². The lowest BCUT2D eigenvalue weighted by molar-refractivity contribution is -0.102. The number of halogens is 2. The van der Waals surface area contributed by atoms with Crippen molar-refractivity contribution in [3.63, 3.8) is 0 Å². The first-order chi connectivity index (χ1) is 20.4. The molecule has 1 amide bonds. The van der Waals surface area contributed by atoms with E-state index in [9.17, 15) is 18.1 Å². The summed E-state index contributed by atoms with van der Waals surface area (Å²) in [5.41, 5.74) is 2.52. The summed E-state index contributed by atoms with van der Waals surface area (Å²) in [5.74, 6) is 0.664. The lowest BCUT2D eigenvalue weighted by Crippen LogP contribution is -2.34. The second-order valence-corrected chi connectivity index (χ2v) is 11.9. The van der Waals surface area contributed by atoms with Crippen molar-refractivity contribution in [3.05, 3.63) is 71.6 Å². The van der Waals surface area contributed by atoms with Crippen LogP contribution in [0.15, 0.2) is 48.8 Å². The molecule has 15 heteroatoms. The Kier molecular flexibility index (Phi) is 7.30. The third-order valence-electron chi connectivity index (χ3n) is 7.76. The molecule has 4 heterocycles. The quantitative estimate of drug-likeness (QED) is 0.196. The first kappa shape index (κ1) is 29.3. The predicted molar refractivity (Wildman–Crippen MR) is 148 cm³/mol. The summed E-state index contributed by atoms with van der Waals surface area (Å²) in [6.45, 7) is 1.87. The highest BCUT2D eigenvalue weighted by molar-refractivity contribution is 7.46. The molecule has 2 bridgehead atoms. The Morgan fingerprint density at radius 2 is 1.86 bits per heavy atom. The number of fused-ring (bicyclic) bond motifs is 9.